The van der Waals surface area contributed by atoms with Crippen molar-refractivity contribution in [1.29, 1.82) is 0 Å². The van der Waals surface area contributed by atoms with E-state index in [9.17, 15) is 0 Å². The summed E-state index contributed by atoms with van der Waals surface area (Å²) in [7, 11) is 0. The van der Waals surface area contributed by atoms with Gasteiger partial charge in [-0.15, -0.1) is 0 Å². The third-order valence-corrected chi connectivity index (χ3v) is 9.13. The molecule has 0 spiro atoms. The highest BCUT2D eigenvalue weighted by Crippen LogP contribution is 2.42. The molecular weight excluding hydrogens is 597 g/mol. The minimum Gasteiger partial charge on any atom is -0.436 e. The first-order chi connectivity index (χ1) is 24.3. The Morgan fingerprint density at radius 2 is 0.959 bits per heavy atom. The number of benzene rings is 7. The van der Waals surface area contributed by atoms with Gasteiger partial charge in [0.25, 0.3) is 0 Å². The van der Waals surface area contributed by atoms with E-state index in [1.165, 1.54) is 16.3 Å². The molecule has 230 valence electrons. The van der Waals surface area contributed by atoms with Crippen LogP contribution in [0.2, 0.25) is 0 Å². The van der Waals surface area contributed by atoms with Gasteiger partial charge in [-0.2, -0.15) is 0 Å². The predicted molar refractivity (Wildman–Crippen MR) is 202 cm³/mol. The fraction of sp³-hybridized carbons (Fsp3) is 0. The van der Waals surface area contributed by atoms with Gasteiger partial charge in [0.05, 0.1) is 11.4 Å². The number of rotatable bonds is 6. The van der Waals surface area contributed by atoms with Gasteiger partial charge in [0.15, 0.2) is 5.58 Å². The first-order valence-electron chi connectivity index (χ1n) is 16.5. The Bertz CT molecular complexity index is 2510. The molecule has 3 nitrogen and oxygen atoms in total. The molecule has 0 aliphatic carbocycles. The Morgan fingerprint density at radius 3 is 1.67 bits per heavy atom. The van der Waals surface area contributed by atoms with Gasteiger partial charge in [-0.3, -0.25) is 0 Å². The van der Waals surface area contributed by atoms with Gasteiger partial charge in [0.1, 0.15) is 5.52 Å². The fourth-order valence-corrected chi connectivity index (χ4v) is 6.71. The van der Waals surface area contributed by atoms with Crippen LogP contribution in [-0.4, -0.2) is 9.97 Å². The summed E-state index contributed by atoms with van der Waals surface area (Å²) in [5.41, 5.74) is 13.4. The molecule has 2 heterocycles. The molecule has 0 saturated carbocycles. The molecule has 0 unspecified atom stereocenters. The summed E-state index contributed by atoms with van der Waals surface area (Å²) < 4.78 is 6.30. The minimum absolute atomic E-state index is 0.620. The number of aromatic nitrogens is 2. The van der Waals surface area contributed by atoms with Crippen molar-refractivity contribution in [3.63, 3.8) is 0 Å². The van der Waals surface area contributed by atoms with E-state index in [0.29, 0.717) is 5.89 Å². The van der Waals surface area contributed by atoms with Crippen LogP contribution in [0.25, 0.3) is 89.2 Å². The van der Waals surface area contributed by atoms with Gasteiger partial charge < -0.3 is 4.42 Å². The fourth-order valence-electron chi connectivity index (χ4n) is 6.71. The maximum absolute atomic E-state index is 6.30. The summed E-state index contributed by atoms with van der Waals surface area (Å²) in [6.07, 6.45) is 0. The Balaban J connectivity index is 1.18. The van der Waals surface area contributed by atoms with Crippen LogP contribution in [0.15, 0.2) is 186 Å². The molecule has 0 bridgehead atoms. The van der Waals surface area contributed by atoms with Gasteiger partial charge in [0, 0.05) is 22.3 Å². The number of para-hydroxylation sites is 1. The highest BCUT2D eigenvalue weighted by Gasteiger charge is 2.18. The van der Waals surface area contributed by atoms with Crippen molar-refractivity contribution in [2.24, 2.45) is 0 Å². The Kier molecular flexibility index (Phi) is 7.14. The molecule has 7 aromatic carbocycles. The normalized spacial score (nSPS) is 11.3. The van der Waals surface area contributed by atoms with E-state index in [2.05, 4.69) is 140 Å². The molecule has 9 rings (SSSR count). The molecule has 0 radical (unpaired) electrons. The Labute approximate surface area is 284 Å². The maximum atomic E-state index is 6.30. The minimum atomic E-state index is 0.620. The highest BCUT2D eigenvalue weighted by atomic mass is 16.3. The lowest BCUT2D eigenvalue weighted by atomic mass is 9.89. The lowest BCUT2D eigenvalue weighted by molar-refractivity contribution is 0.620. The number of hydrogen-bond acceptors (Lipinski definition) is 3. The quantitative estimate of drug-likeness (QED) is 0.184. The molecule has 0 fully saturated rings. The van der Waals surface area contributed by atoms with E-state index in [-0.39, 0.29) is 0 Å². The smallest absolute Gasteiger partial charge is 0.227 e. The summed E-state index contributed by atoms with van der Waals surface area (Å²) in [6.45, 7) is 0. The third-order valence-electron chi connectivity index (χ3n) is 9.13. The highest BCUT2D eigenvalue weighted by molar-refractivity contribution is 6.09. The second-order valence-corrected chi connectivity index (χ2v) is 12.2. The van der Waals surface area contributed by atoms with Crippen molar-refractivity contribution in [3.8, 4) is 67.3 Å². The number of hydrogen-bond donors (Lipinski definition) is 0. The summed E-state index contributed by atoms with van der Waals surface area (Å²) in [6, 6.07) is 63.3. The second kappa shape index (κ2) is 12.2. The van der Waals surface area contributed by atoms with Crippen molar-refractivity contribution in [1.82, 2.24) is 9.97 Å². The zero-order valence-corrected chi connectivity index (χ0v) is 26.6. The lowest BCUT2D eigenvalue weighted by Gasteiger charge is -2.15. The standard InChI is InChI=1S/C46H30N2O/c1-4-13-31(14-5-1)37-29-41(34-16-6-2-7-17-34)47-42(30-37)35-25-23-33(24-26-35)39-28-27-32-15-10-11-20-38(32)44(39)40-21-12-22-43-45(40)48-46(49-43)36-18-8-3-9-19-36/h1-30H. The predicted octanol–water partition coefficient (Wildman–Crippen LogP) is 12.4. The van der Waals surface area contributed by atoms with Gasteiger partial charge in [-0.25, -0.2) is 9.97 Å². The van der Waals surface area contributed by atoms with E-state index in [4.69, 9.17) is 14.4 Å². The average Bonchev–Trinajstić information content (AvgIpc) is 3.64. The number of nitrogens with zero attached hydrogens (tertiary/aromatic N) is 2. The molecule has 2 aromatic heterocycles. The Hall–Kier alpha value is -6.58. The molecule has 49 heavy (non-hydrogen) atoms. The lowest BCUT2D eigenvalue weighted by Crippen LogP contribution is -1.92. The average molecular weight is 627 g/mol. The number of fused-ring (bicyclic) bond motifs is 2. The summed E-state index contributed by atoms with van der Waals surface area (Å²) in [4.78, 5) is 10.2. The van der Waals surface area contributed by atoms with E-state index in [1.807, 2.05) is 42.5 Å². The van der Waals surface area contributed by atoms with Crippen LogP contribution in [0.5, 0.6) is 0 Å². The molecule has 0 atom stereocenters. The number of oxazole rings is 1. The van der Waals surface area contributed by atoms with Crippen LogP contribution in [0.4, 0.5) is 0 Å². The van der Waals surface area contributed by atoms with Crippen LogP contribution < -0.4 is 0 Å². The first kappa shape index (κ1) is 28.6. The molecule has 0 amide bonds. The van der Waals surface area contributed by atoms with Crippen LogP contribution in [0.3, 0.4) is 0 Å². The largest absolute Gasteiger partial charge is 0.436 e. The SMILES string of the molecule is c1ccc(-c2cc(-c3ccccc3)nc(-c3ccc(-c4ccc5ccccc5c4-c4cccc5oc(-c6ccccc6)nc45)cc3)c2)cc1. The van der Waals surface area contributed by atoms with Gasteiger partial charge in [-0.1, -0.05) is 152 Å². The van der Waals surface area contributed by atoms with Crippen LogP contribution in [0, 0.1) is 0 Å². The van der Waals surface area contributed by atoms with Gasteiger partial charge in [-0.05, 0) is 68.9 Å². The monoisotopic (exact) mass is 626 g/mol. The Morgan fingerprint density at radius 1 is 0.367 bits per heavy atom. The zero-order valence-electron chi connectivity index (χ0n) is 26.6. The van der Waals surface area contributed by atoms with Crippen LogP contribution >= 0.6 is 0 Å². The van der Waals surface area contributed by atoms with Crippen molar-refractivity contribution in [2.75, 3.05) is 0 Å². The molecule has 0 aliphatic heterocycles. The first-order valence-corrected chi connectivity index (χ1v) is 16.5. The van der Waals surface area contributed by atoms with E-state index >= 15 is 0 Å². The van der Waals surface area contributed by atoms with Crippen molar-refractivity contribution >= 4 is 21.9 Å². The summed E-state index contributed by atoms with van der Waals surface area (Å²) in [5.74, 6) is 0.620. The topological polar surface area (TPSA) is 38.9 Å². The third kappa shape index (κ3) is 5.38. The number of pyridine rings is 1. The van der Waals surface area contributed by atoms with Crippen LogP contribution in [-0.2, 0) is 0 Å². The molecule has 3 heteroatoms. The van der Waals surface area contributed by atoms with E-state index < -0.39 is 0 Å². The zero-order chi connectivity index (χ0) is 32.6. The maximum Gasteiger partial charge on any atom is 0.227 e. The molecule has 9 aromatic rings. The molecule has 0 saturated heterocycles. The van der Waals surface area contributed by atoms with Crippen molar-refractivity contribution < 1.29 is 4.42 Å². The van der Waals surface area contributed by atoms with E-state index in [1.54, 1.807) is 0 Å². The summed E-state index contributed by atoms with van der Waals surface area (Å²) >= 11 is 0. The van der Waals surface area contributed by atoms with Crippen LogP contribution in [0.1, 0.15) is 0 Å². The molecule has 0 aliphatic rings. The van der Waals surface area contributed by atoms with Crippen molar-refractivity contribution in [3.05, 3.63) is 182 Å². The molecular formula is C46H30N2O. The van der Waals surface area contributed by atoms with Gasteiger partial charge in [0.2, 0.25) is 5.89 Å². The second-order valence-electron chi connectivity index (χ2n) is 12.2. The van der Waals surface area contributed by atoms with Gasteiger partial charge >= 0.3 is 0 Å². The summed E-state index contributed by atoms with van der Waals surface area (Å²) in [5, 5.41) is 2.35. The molecule has 0 N–H and O–H groups in total. The van der Waals surface area contributed by atoms with E-state index in [0.717, 1.165) is 67.0 Å². The van der Waals surface area contributed by atoms with Crippen molar-refractivity contribution in [2.45, 2.75) is 0 Å².